The summed E-state index contributed by atoms with van der Waals surface area (Å²) in [6, 6.07) is 14.3. The Morgan fingerprint density at radius 1 is 1.08 bits per heavy atom. The van der Waals surface area contributed by atoms with Crippen LogP contribution in [0.2, 0.25) is 0 Å². The number of nitrogens with zero attached hydrogens (tertiary/aromatic N) is 3. The van der Waals surface area contributed by atoms with Gasteiger partial charge in [-0.2, -0.15) is 10.2 Å². The Hall–Kier alpha value is -2.63. The maximum atomic E-state index is 14.4. The number of hydrogen-bond donors (Lipinski definition) is 0. The normalized spacial score (nSPS) is 13.9. The van der Waals surface area contributed by atoms with Gasteiger partial charge in [-0.3, -0.25) is 0 Å². The topological polar surface area (TPSA) is 28.0 Å². The largest absolute Gasteiger partial charge is 0.370 e. The fourth-order valence-electron chi connectivity index (χ4n) is 2.53. The third-order valence-corrected chi connectivity index (χ3v) is 3.89. The van der Waals surface area contributed by atoms with Crippen molar-refractivity contribution in [2.45, 2.75) is 19.4 Å². The van der Waals surface area contributed by atoms with Gasteiger partial charge in [0.05, 0.1) is 5.71 Å². The van der Waals surface area contributed by atoms with Crippen molar-refractivity contribution in [3.8, 4) is 0 Å². The van der Waals surface area contributed by atoms with Gasteiger partial charge in [-0.25, -0.2) is 13.2 Å². The summed E-state index contributed by atoms with van der Waals surface area (Å²) >= 11 is 0. The van der Waals surface area contributed by atoms with E-state index in [1.807, 2.05) is 42.3 Å². The number of benzene rings is 2. The highest BCUT2D eigenvalue weighted by atomic mass is 19.3. The molecule has 3 rings (SSSR count). The number of para-hydroxylation sites is 1. The minimum Gasteiger partial charge on any atom is -0.370 e. The zero-order chi connectivity index (χ0) is 17.1. The average Bonchev–Trinajstić information content (AvgIpc) is 3.08. The molecule has 0 radical (unpaired) electrons. The van der Waals surface area contributed by atoms with Gasteiger partial charge in [-0.05, 0) is 18.2 Å². The van der Waals surface area contributed by atoms with E-state index in [4.69, 9.17) is 0 Å². The van der Waals surface area contributed by atoms with Gasteiger partial charge in [0.15, 0.2) is 0 Å². The van der Waals surface area contributed by atoms with Crippen LogP contribution in [0.25, 0.3) is 0 Å². The van der Waals surface area contributed by atoms with Gasteiger partial charge in [0.25, 0.3) is 6.43 Å². The van der Waals surface area contributed by atoms with Crippen molar-refractivity contribution in [2.24, 2.45) is 10.2 Å². The molecule has 2 aromatic rings. The van der Waals surface area contributed by atoms with Crippen LogP contribution in [0.4, 0.5) is 18.9 Å². The first-order valence-electron chi connectivity index (χ1n) is 7.51. The Balaban J connectivity index is 1.72. The van der Waals surface area contributed by atoms with Crippen LogP contribution >= 0.6 is 0 Å². The Morgan fingerprint density at radius 3 is 2.46 bits per heavy atom. The molecule has 0 amide bonds. The summed E-state index contributed by atoms with van der Waals surface area (Å²) < 4.78 is 39.6. The molecule has 0 saturated heterocycles. The standard InChI is InChI=1S/C18H16F3N3/c1-24(14-5-3-2-4-6-14)11-13-8-7-12(9-15(13)19)16-10-17(18(20)21)23-22-16/h2-9,18H,10-11H2,1H3. The van der Waals surface area contributed by atoms with E-state index in [2.05, 4.69) is 10.2 Å². The first kappa shape index (κ1) is 16.2. The molecular weight excluding hydrogens is 315 g/mol. The second-order valence-electron chi connectivity index (χ2n) is 5.61. The molecule has 0 aliphatic carbocycles. The first-order valence-corrected chi connectivity index (χ1v) is 7.51. The summed E-state index contributed by atoms with van der Waals surface area (Å²) in [5.74, 6) is -0.386. The van der Waals surface area contributed by atoms with E-state index in [-0.39, 0.29) is 17.9 Å². The van der Waals surface area contributed by atoms with E-state index in [0.29, 0.717) is 23.4 Å². The predicted molar refractivity (Wildman–Crippen MR) is 89.5 cm³/mol. The van der Waals surface area contributed by atoms with Crippen molar-refractivity contribution in [2.75, 3.05) is 11.9 Å². The summed E-state index contributed by atoms with van der Waals surface area (Å²) in [5.41, 5.74) is 2.08. The molecule has 0 atom stereocenters. The van der Waals surface area contributed by atoms with Crippen molar-refractivity contribution in [3.05, 3.63) is 65.5 Å². The van der Waals surface area contributed by atoms with Gasteiger partial charge >= 0.3 is 0 Å². The fourth-order valence-corrected chi connectivity index (χ4v) is 2.53. The zero-order valence-electron chi connectivity index (χ0n) is 13.1. The van der Waals surface area contributed by atoms with Crippen molar-refractivity contribution >= 4 is 17.1 Å². The van der Waals surface area contributed by atoms with Crippen molar-refractivity contribution in [3.63, 3.8) is 0 Å². The summed E-state index contributed by atoms with van der Waals surface area (Å²) in [4.78, 5) is 1.93. The second-order valence-corrected chi connectivity index (χ2v) is 5.61. The van der Waals surface area contributed by atoms with Crippen molar-refractivity contribution < 1.29 is 13.2 Å². The molecule has 1 aliphatic heterocycles. The molecule has 6 heteroatoms. The third kappa shape index (κ3) is 3.48. The molecule has 0 N–H and O–H groups in total. The number of rotatable bonds is 5. The molecule has 2 aromatic carbocycles. The molecule has 1 heterocycles. The van der Waals surface area contributed by atoms with Gasteiger partial charge < -0.3 is 4.90 Å². The molecule has 124 valence electrons. The van der Waals surface area contributed by atoms with Gasteiger partial charge in [-0.1, -0.05) is 30.3 Å². The molecule has 0 spiro atoms. The molecule has 0 saturated carbocycles. The van der Waals surface area contributed by atoms with Crippen LogP contribution in [0.15, 0.2) is 58.7 Å². The lowest BCUT2D eigenvalue weighted by molar-refractivity contribution is 0.224. The number of anilines is 1. The predicted octanol–water partition coefficient (Wildman–Crippen LogP) is 4.28. The van der Waals surface area contributed by atoms with Crippen LogP contribution in [0.3, 0.4) is 0 Å². The number of alkyl halides is 2. The van der Waals surface area contributed by atoms with Crippen LogP contribution < -0.4 is 4.90 Å². The molecule has 1 aliphatic rings. The van der Waals surface area contributed by atoms with Gasteiger partial charge in [0.1, 0.15) is 11.5 Å². The minimum atomic E-state index is -2.63. The van der Waals surface area contributed by atoms with E-state index >= 15 is 0 Å². The van der Waals surface area contributed by atoms with Crippen molar-refractivity contribution in [1.82, 2.24) is 0 Å². The molecular formula is C18H16F3N3. The Labute approximate surface area is 138 Å². The monoisotopic (exact) mass is 331 g/mol. The van der Waals surface area contributed by atoms with Crippen LogP contribution in [-0.4, -0.2) is 24.9 Å². The fraction of sp³-hybridized carbons (Fsp3) is 0.222. The molecule has 3 nitrogen and oxygen atoms in total. The summed E-state index contributed by atoms with van der Waals surface area (Å²) in [6.07, 6.45) is -2.67. The molecule has 0 aromatic heterocycles. The van der Waals surface area contributed by atoms with Gasteiger partial charge in [0, 0.05) is 36.8 Å². The van der Waals surface area contributed by atoms with Crippen molar-refractivity contribution in [1.29, 1.82) is 0 Å². The molecule has 0 unspecified atom stereocenters. The maximum Gasteiger partial charge on any atom is 0.278 e. The minimum absolute atomic E-state index is 0.0413. The third-order valence-electron chi connectivity index (χ3n) is 3.89. The summed E-state index contributed by atoms with van der Waals surface area (Å²) in [5, 5.41) is 7.19. The van der Waals surface area contributed by atoms with Crippen LogP contribution in [0.1, 0.15) is 17.5 Å². The maximum absolute atomic E-state index is 14.4. The van der Waals surface area contributed by atoms with Gasteiger partial charge in [-0.15, -0.1) is 0 Å². The smallest absolute Gasteiger partial charge is 0.278 e. The van der Waals surface area contributed by atoms with E-state index in [1.165, 1.54) is 6.07 Å². The molecule has 0 fully saturated rings. The quantitative estimate of drug-likeness (QED) is 0.804. The number of halogens is 3. The van der Waals surface area contributed by atoms with E-state index in [9.17, 15) is 13.2 Å². The highest BCUT2D eigenvalue weighted by Crippen LogP contribution is 2.20. The Kier molecular flexibility index (Phi) is 4.64. The van der Waals surface area contributed by atoms with E-state index in [1.54, 1.807) is 12.1 Å². The van der Waals surface area contributed by atoms with Crippen LogP contribution in [-0.2, 0) is 6.54 Å². The first-order chi connectivity index (χ1) is 11.5. The second kappa shape index (κ2) is 6.86. The van der Waals surface area contributed by atoms with Gasteiger partial charge in [0.2, 0.25) is 0 Å². The van der Waals surface area contributed by atoms with E-state index < -0.39 is 6.43 Å². The SMILES string of the molecule is CN(Cc1ccc(C2=NN=C(C(F)F)C2)cc1F)c1ccccc1. The lowest BCUT2D eigenvalue weighted by atomic mass is 10.0. The molecule has 24 heavy (non-hydrogen) atoms. The summed E-state index contributed by atoms with van der Waals surface area (Å²) in [6.45, 7) is 0.404. The van der Waals surface area contributed by atoms with Crippen LogP contribution in [0, 0.1) is 5.82 Å². The highest BCUT2D eigenvalue weighted by Gasteiger charge is 2.22. The zero-order valence-corrected chi connectivity index (χ0v) is 13.1. The lowest BCUT2D eigenvalue weighted by Gasteiger charge is -2.20. The Bertz CT molecular complexity index is 785. The van der Waals surface area contributed by atoms with Crippen LogP contribution in [0.5, 0.6) is 0 Å². The summed E-state index contributed by atoms with van der Waals surface area (Å²) in [7, 11) is 1.88. The lowest BCUT2D eigenvalue weighted by Crippen LogP contribution is -2.17. The van der Waals surface area contributed by atoms with E-state index in [0.717, 1.165) is 5.69 Å². The molecule has 0 bridgehead atoms. The average molecular weight is 331 g/mol. The Morgan fingerprint density at radius 2 is 1.83 bits per heavy atom. The number of hydrogen-bond acceptors (Lipinski definition) is 3. The highest BCUT2D eigenvalue weighted by molar-refractivity contribution is 6.15.